The third kappa shape index (κ3) is 6.10. The van der Waals surface area contributed by atoms with Crippen LogP contribution in [0.2, 0.25) is 0 Å². The van der Waals surface area contributed by atoms with Crippen LogP contribution in [0.15, 0.2) is 30.5 Å². The molecule has 1 amide bonds. The lowest BCUT2D eigenvalue weighted by molar-refractivity contribution is 0.0232. The fourth-order valence-corrected chi connectivity index (χ4v) is 7.06. The maximum absolute atomic E-state index is 17.2. The lowest BCUT2D eigenvalue weighted by Crippen LogP contribution is -2.49. The lowest BCUT2D eigenvalue weighted by Gasteiger charge is -2.36. The second-order valence-electron chi connectivity index (χ2n) is 13.8. The van der Waals surface area contributed by atoms with Crippen LogP contribution in [0.3, 0.4) is 0 Å². The Balaban J connectivity index is 1.48. The van der Waals surface area contributed by atoms with Gasteiger partial charge in [-0.2, -0.15) is 9.97 Å². The lowest BCUT2D eigenvalue weighted by atomic mass is 9.95. The Bertz CT molecular complexity index is 2220. The highest BCUT2D eigenvalue weighted by molar-refractivity contribution is 6.03. The number of pyridine rings is 1. The number of carbonyl (C=O) groups excluding carboxylic acids is 1. The predicted molar refractivity (Wildman–Crippen MR) is 182 cm³/mol. The second kappa shape index (κ2) is 12.8. The maximum atomic E-state index is 17.2. The number of phenolic OH excluding ortho intramolecular Hbond substituents is 1. The van der Waals surface area contributed by atoms with E-state index < -0.39 is 71.1 Å². The molecule has 7 rings (SSSR count). The summed E-state index contributed by atoms with van der Waals surface area (Å²) in [5.74, 6) is -0.345. The molecule has 2 atom stereocenters. The molecule has 0 bridgehead atoms. The van der Waals surface area contributed by atoms with Gasteiger partial charge in [0, 0.05) is 43.1 Å². The van der Waals surface area contributed by atoms with Gasteiger partial charge in [-0.3, -0.25) is 14.9 Å². The Morgan fingerprint density at radius 2 is 1.98 bits per heavy atom. The number of anilines is 1. The van der Waals surface area contributed by atoms with Crippen molar-refractivity contribution in [3.05, 3.63) is 47.7 Å². The number of hydrogen-bond donors (Lipinski definition) is 1. The van der Waals surface area contributed by atoms with Gasteiger partial charge in [0.1, 0.15) is 41.2 Å². The molecule has 10 nitrogen and oxygen atoms in total. The highest BCUT2D eigenvalue weighted by atomic mass is 19.1. The molecule has 5 heterocycles. The third-order valence-corrected chi connectivity index (χ3v) is 9.17. The molecular weight excluding hydrogens is 649 g/mol. The van der Waals surface area contributed by atoms with Crippen molar-refractivity contribution in [1.29, 1.82) is 0 Å². The van der Waals surface area contributed by atoms with Crippen molar-refractivity contribution in [2.45, 2.75) is 76.6 Å². The first-order valence-electron chi connectivity index (χ1n) is 18.5. The summed E-state index contributed by atoms with van der Waals surface area (Å²) in [6, 6.07) is 4.54. The molecule has 0 radical (unpaired) electrons. The van der Waals surface area contributed by atoms with Gasteiger partial charge < -0.3 is 14.6 Å². The van der Waals surface area contributed by atoms with Crippen molar-refractivity contribution in [3.63, 3.8) is 0 Å². The number of phenols is 1. The first-order chi connectivity index (χ1) is 25.3. The van der Waals surface area contributed by atoms with Crippen LogP contribution in [0.4, 0.5) is 23.8 Å². The summed E-state index contributed by atoms with van der Waals surface area (Å²) < 4.78 is 94.7. The number of halogens is 3. The Hall–Kier alpha value is -4.83. The average Bonchev–Trinajstić information content (AvgIpc) is 3.57. The Labute approximate surface area is 293 Å². The molecule has 0 aliphatic carbocycles. The van der Waals surface area contributed by atoms with Crippen molar-refractivity contribution in [1.82, 2.24) is 24.9 Å². The number of terminal acetylenes is 1. The summed E-state index contributed by atoms with van der Waals surface area (Å²) in [5.41, 5.74) is -2.96. The van der Waals surface area contributed by atoms with E-state index in [1.54, 1.807) is 20.8 Å². The van der Waals surface area contributed by atoms with Crippen LogP contribution in [0.25, 0.3) is 32.9 Å². The normalized spacial score (nSPS) is 24.5. The topological polar surface area (TPSA) is 104 Å². The van der Waals surface area contributed by atoms with Gasteiger partial charge in [0.15, 0.2) is 11.6 Å². The van der Waals surface area contributed by atoms with Crippen molar-refractivity contribution >= 4 is 33.6 Å². The number of hydrogen-bond acceptors (Lipinski definition) is 9. The Morgan fingerprint density at radius 3 is 2.76 bits per heavy atom. The maximum Gasteiger partial charge on any atom is 0.429 e. The van der Waals surface area contributed by atoms with Crippen LogP contribution in [0.1, 0.15) is 70.3 Å². The molecule has 4 aromatic rings. The molecular formula is C37H39F3N6O4. The van der Waals surface area contributed by atoms with E-state index in [1.807, 2.05) is 4.90 Å². The van der Waals surface area contributed by atoms with E-state index >= 15 is 4.39 Å². The molecule has 2 aromatic heterocycles. The molecule has 3 aliphatic rings. The van der Waals surface area contributed by atoms with Crippen molar-refractivity contribution in [3.8, 4) is 35.4 Å². The number of hydrazine groups is 1. The van der Waals surface area contributed by atoms with E-state index in [-0.39, 0.29) is 66.5 Å². The fourth-order valence-electron chi connectivity index (χ4n) is 7.06. The number of aromatic hydroxyl groups is 1. The SMILES string of the molecule is [2H]C1([2H])CCCC([2H])([2H])N(c2nc(OC[C@@]34CCCN3C[C@H](F)C4)nc3c(F)c(-c4cc(O)cc5ccc(F)c(C#C)c45)ncc23)N1C(=O)OC(C)(C)C. The van der Waals surface area contributed by atoms with Crippen molar-refractivity contribution in [2.75, 3.05) is 37.7 Å². The predicted octanol–water partition coefficient (Wildman–Crippen LogP) is 6.91. The smallest absolute Gasteiger partial charge is 0.429 e. The summed E-state index contributed by atoms with van der Waals surface area (Å²) in [7, 11) is 0. The number of carbonyl (C=O) groups is 1. The van der Waals surface area contributed by atoms with Gasteiger partial charge in [-0.05, 0) is 83.0 Å². The van der Waals surface area contributed by atoms with Gasteiger partial charge in [-0.15, -0.1) is 6.42 Å². The summed E-state index contributed by atoms with van der Waals surface area (Å²) in [5, 5.41) is 12.0. The quantitative estimate of drug-likeness (QED) is 0.224. The van der Waals surface area contributed by atoms with E-state index in [0.717, 1.165) is 18.7 Å². The zero-order chi connectivity index (χ0) is 39.0. The van der Waals surface area contributed by atoms with Gasteiger partial charge in [-0.25, -0.2) is 23.0 Å². The van der Waals surface area contributed by atoms with Gasteiger partial charge in [-0.1, -0.05) is 12.0 Å². The number of fused-ring (bicyclic) bond motifs is 3. The standard InChI is InChI=1S/C37H39F3N6O4/c1-5-25-28(39)11-10-22-16-24(47)17-26(29(22)25)31-30(40)32-27(19-41-31)33(45-14-7-6-8-15-46(45)35(48)50-36(2,3)4)43-34(42-32)49-21-37-12-9-13-44(37)20-23(38)18-37/h1,10-11,16-17,19,23,47H,6-9,12-15,18,20-21H2,2-4H3/t23-,37+/m1/s1/i14D2,15D2. The molecule has 1 N–H and O–H groups in total. The van der Waals surface area contributed by atoms with Gasteiger partial charge >= 0.3 is 12.1 Å². The zero-order valence-corrected chi connectivity index (χ0v) is 27.9. The van der Waals surface area contributed by atoms with Gasteiger partial charge in [0.2, 0.25) is 0 Å². The van der Waals surface area contributed by atoms with Gasteiger partial charge in [0.25, 0.3) is 0 Å². The zero-order valence-electron chi connectivity index (χ0n) is 31.9. The van der Waals surface area contributed by atoms with Crippen LogP contribution >= 0.6 is 0 Å². The molecule has 0 spiro atoms. The Kier molecular flexibility index (Phi) is 7.42. The Morgan fingerprint density at radius 1 is 1.18 bits per heavy atom. The second-order valence-corrected chi connectivity index (χ2v) is 13.8. The number of aromatic nitrogens is 3. The summed E-state index contributed by atoms with van der Waals surface area (Å²) in [4.78, 5) is 29.1. The van der Waals surface area contributed by atoms with Crippen molar-refractivity contribution < 1.29 is 38.0 Å². The fraction of sp³-hybridized carbons (Fsp3) is 0.459. The molecule has 50 heavy (non-hydrogen) atoms. The third-order valence-electron chi connectivity index (χ3n) is 9.17. The number of amides is 1. The average molecular weight is 693 g/mol. The highest BCUT2D eigenvalue weighted by Gasteiger charge is 2.49. The van der Waals surface area contributed by atoms with Crippen LogP contribution in [-0.2, 0) is 4.74 Å². The molecule has 262 valence electrons. The molecule has 13 heteroatoms. The van der Waals surface area contributed by atoms with Crippen LogP contribution in [0, 0.1) is 24.0 Å². The summed E-state index contributed by atoms with van der Waals surface area (Å²) in [6.45, 7) is 0.477. The molecule has 3 aliphatic heterocycles. The van der Waals surface area contributed by atoms with E-state index in [2.05, 4.69) is 20.9 Å². The van der Waals surface area contributed by atoms with Crippen LogP contribution in [-0.4, -0.2) is 86.1 Å². The minimum Gasteiger partial charge on any atom is -0.508 e. The molecule has 2 aromatic carbocycles. The first-order valence-corrected chi connectivity index (χ1v) is 16.5. The van der Waals surface area contributed by atoms with E-state index in [0.29, 0.717) is 28.4 Å². The molecule has 3 fully saturated rings. The largest absolute Gasteiger partial charge is 0.508 e. The van der Waals surface area contributed by atoms with E-state index in [1.165, 1.54) is 18.2 Å². The van der Waals surface area contributed by atoms with E-state index in [4.69, 9.17) is 21.4 Å². The minimum atomic E-state index is -2.52. The monoisotopic (exact) mass is 692 g/mol. The minimum absolute atomic E-state index is 0.0142. The number of rotatable bonds is 5. The molecule has 0 unspecified atom stereocenters. The van der Waals surface area contributed by atoms with E-state index in [9.17, 15) is 18.7 Å². The summed E-state index contributed by atoms with van der Waals surface area (Å²) in [6.07, 6.45) is 5.56. The number of benzene rings is 2. The molecule has 3 saturated heterocycles. The van der Waals surface area contributed by atoms with Crippen molar-refractivity contribution in [2.24, 2.45) is 0 Å². The highest BCUT2D eigenvalue weighted by Crippen LogP contribution is 2.42. The number of ether oxygens (including phenoxy) is 2. The number of alkyl halides is 1. The van der Waals surface area contributed by atoms with Gasteiger partial charge in [0.05, 0.1) is 22.0 Å². The first kappa shape index (κ1) is 29.0. The summed E-state index contributed by atoms with van der Waals surface area (Å²) >= 11 is 0. The van der Waals surface area contributed by atoms with Crippen LogP contribution < -0.4 is 9.75 Å². The van der Waals surface area contributed by atoms with Crippen LogP contribution in [0.5, 0.6) is 11.8 Å². The number of nitrogens with zero attached hydrogens (tertiary/aromatic N) is 6. The molecule has 0 saturated carbocycles.